The molecule has 2 heterocycles. The molecule has 0 aliphatic rings. The predicted octanol–water partition coefficient (Wildman–Crippen LogP) is 3.77. The molecule has 0 radical (unpaired) electrons. The second-order valence-corrected chi connectivity index (χ2v) is 6.99. The topological polar surface area (TPSA) is 34.9 Å². The van der Waals surface area contributed by atoms with Crippen LogP contribution in [0.4, 0.5) is 0 Å². The van der Waals surface area contributed by atoms with Crippen molar-refractivity contribution >= 4 is 33.3 Å². The van der Waals surface area contributed by atoms with Crippen molar-refractivity contribution in [2.45, 2.75) is 45.8 Å². The molecule has 0 aromatic carbocycles. The quantitative estimate of drug-likeness (QED) is 0.492. The normalized spacial score (nSPS) is 10.9. The molecule has 0 atom stereocenters. The Bertz CT molecular complexity index is 760. The molecule has 3 nitrogen and oxygen atoms in total. The Hall–Kier alpha value is -1.25. The Morgan fingerprint density at radius 3 is 2.70 bits per heavy atom. The second-order valence-electron chi connectivity index (χ2n) is 4.84. The first-order valence-corrected chi connectivity index (χ1v) is 8.32. The Morgan fingerprint density at radius 1 is 1.40 bits per heavy atom. The SMILES string of the molecule is CC#CCSc1nc2sc(C)c(C)c2c(=O)n1C(C)C. The van der Waals surface area contributed by atoms with Gasteiger partial charge in [0.1, 0.15) is 4.83 Å². The van der Waals surface area contributed by atoms with Gasteiger partial charge in [0.15, 0.2) is 5.16 Å². The van der Waals surface area contributed by atoms with E-state index < -0.39 is 0 Å². The van der Waals surface area contributed by atoms with E-state index >= 15 is 0 Å². The Morgan fingerprint density at radius 2 is 2.10 bits per heavy atom. The molecule has 0 spiro atoms. The van der Waals surface area contributed by atoms with Crippen molar-refractivity contribution in [1.82, 2.24) is 9.55 Å². The van der Waals surface area contributed by atoms with Gasteiger partial charge in [-0.15, -0.1) is 17.3 Å². The number of thiophene rings is 1. The van der Waals surface area contributed by atoms with Crippen LogP contribution in [0.1, 0.15) is 37.3 Å². The van der Waals surface area contributed by atoms with Crippen LogP contribution in [0.5, 0.6) is 0 Å². The lowest BCUT2D eigenvalue weighted by Gasteiger charge is -2.14. The van der Waals surface area contributed by atoms with Crippen LogP contribution in [-0.2, 0) is 0 Å². The van der Waals surface area contributed by atoms with Gasteiger partial charge in [0.25, 0.3) is 5.56 Å². The second kappa shape index (κ2) is 6.02. The third kappa shape index (κ3) is 2.63. The molecule has 0 saturated heterocycles. The molecule has 0 N–H and O–H groups in total. The van der Waals surface area contributed by atoms with E-state index in [9.17, 15) is 4.79 Å². The predicted molar refractivity (Wildman–Crippen MR) is 87.9 cm³/mol. The van der Waals surface area contributed by atoms with Gasteiger partial charge >= 0.3 is 0 Å². The smallest absolute Gasteiger partial charge is 0.263 e. The average Bonchev–Trinajstić information content (AvgIpc) is 2.65. The van der Waals surface area contributed by atoms with E-state index in [-0.39, 0.29) is 11.6 Å². The minimum atomic E-state index is 0.0683. The molecule has 2 rings (SSSR count). The minimum absolute atomic E-state index is 0.0683. The van der Waals surface area contributed by atoms with Crippen LogP contribution < -0.4 is 5.56 Å². The van der Waals surface area contributed by atoms with Gasteiger partial charge in [0.05, 0.1) is 11.1 Å². The van der Waals surface area contributed by atoms with Crippen molar-refractivity contribution < 1.29 is 0 Å². The maximum absolute atomic E-state index is 12.7. The van der Waals surface area contributed by atoms with E-state index in [1.165, 1.54) is 11.8 Å². The monoisotopic (exact) mass is 306 g/mol. The lowest BCUT2D eigenvalue weighted by Crippen LogP contribution is -2.25. The Labute approximate surface area is 127 Å². The minimum Gasteiger partial charge on any atom is -0.284 e. The number of thioether (sulfide) groups is 1. The Kier molecular flexibility index (Phi) is 4.56. The van der Waals surface area contributed by atoms with E-state index in [4.69, 9.17) is 0 Å². The summed E-state index contributed by atoms with van der Waals surface area (Å²) in [7, 11) is 0. The summed E-state index contributed by atoms with van der Waals surface area (Å²) in [4.78, 5) is 19.4. The standard InChI is InChI=1S/C15H18N2OS2/c1-6-7-8-19-15-16-13-12(10(4)11(5)20-13)14(18)17(15)9(2)3/h9H,8H2,1-5H3. The van der Waals surface area contributed by atoms with Gasteiger partial charge in [-0.25, -0.2) is 4.98 Å². The third-order valence-electron chi connectivity index (χ3n) is 3.17. The largest absolute Gasteiger partial charge is 0.284 e. The summed E-state index contributed by atoms with van der Waals surface area (Å²) >= 11 is 3.12. The molecule has 0 fully saturated rings. The fraction of sp³-hybridized carbons (Fsp3) is 0.467. The van der Waals surface area contributed by atoms with E-state index in [2.05, 4.69) is 16.8 Å². The Balaban J connectivity index is 2.69. The van der Waals surface area contributed by atoms with Crippen molar-refractivity contribution in [3.8, 4) is 11.8 Å². The molecule has 2 aromatic heterocycles. The average molecular weight is 306 g/mol. The molecule has 20 heavy (non-hydrogen) atoms. The van der Waals surface area contributed by atoms with Crippen LogP contribution in [-0.4, -0.2) is 15.3 Å². The van der Waals surface area contributed by atoms with Gasteiger partial charge in [0.2, 0.25) is 0 Å². The first kappa shape index (κ1) is 15.1. The summed E-state index contributed by atoms with van der Waals surface area (Å²) in [6, 6.07) is 0.0936. The van der Waals surface area contributed by atoms with Gasteiger partial charge in [0, 0.05) is 10.9 Å². The molecule has 2 aromatic rings. The van der Waals surface area contributed by atoms with Gasteiger partial charge in [-0.05, 0) is 40.2 Å². The third-order valence-corrected chi connectivity index (χ3v) is 5.11. The van der Waals surface area contributed by atoms with Gasteiger partial charge in [-0.3, -0.25) is 9.36 Å². The maximum Gasteiger partial charge on any atom is 0.263 e. The molecule has 0 aliphatic heterocycles. The van der Waals surface area contributed by atoms with Crippen LogP contribution in [0.25, 0.3) is 10.2 Å². The van der Waals surface area contributed by atoms with Gasteiger partial charge in [-0.1, -0.05) is 17.7 Å². The zero-order valence-corrected chi connectivity index (χ0v) is 14.0. The number of fused-ring (bicyclic) bond motifs is 1. The van der Waals surface area contributed by atoms with E-state index in [1.54, 1.807) is 15.9 Å². The van der Waals surface area contributed by atoms with Crippen LogP contribution in [0, 0.1) is 25.7 Å². The molecule has 0 aliphatic carbocycles. The maximum atomic E-state index is 12.7. The highest BCUT2D eigenvalue weighted by atomic mass is 32.2. The summed E-state index contributed by atoms with van der Waals surface area (Å²) < 4.78 is 1.78. The molecule has 0 unspecified atom stereocenters. The fourth-order valence-electron chi connectivity index (χ4n) is 2.02. The number of rotatable bonds is 3. The molecular weight excluding hydrogens is 288 g/mol. The molecule has 0 bridgehead atoms. The lowest BCUT2D eigenvalue weighted by atomic mass is 10.2. The molecule has 0 saturated carbocycles. The molecular formula is C15H18N2OS2. The van der Waals surface area contributed by atoms with E-state index in [1.807, 2.05) is 34.6 Å². The summed E-state index contributed by atoms with van der Waals surface area (Å²) in [6.07, 6.45) is 0. The lowest BCUT2D eigenvalue weighted by molar-refractivity contribution is 0.519. The zero-order valence-electron chi connectivity index (χ0n) is 12.4. The number of aryl methyl sites for hydroxylation is 2. The summed E-state index contributed by atoms with van der Waals surface area (Å²) in [5, 5.41) is 1.54. The van der Waals surface area contributed by atoms with Crippen LogP contribution in [0.3, 0.4) is 0 Å². The number of hydrogen-bond donors (Lipinski definition) is 0. The van der Waals surface area contributed by atoms with E-state index in [0.29, 0.717) is 5.75 Å². The molecule has 106 valence electrons. The summed E-state index contributed by atoms with van der Waals surface area (Å²) in [5.41, 5.74) is 1.13. The van der Waals surface area contributed by atoms with Crippen LogP contribution >= 0.6 is 23.1 Å². The van der Waals surface area contributed by atoms with Crippen molar-refractivity contribution in [2.24, 2.45) is 0 Å². The van der Waals surface area contributed by atoms with Crippen LogP contribution in [0.15, 0.2) is 9.95 Å². The summed E-state index contributed by atoms with van der Waals surface area (Å²) in [5.74, 6) is 6.53. The highest BCUT2D eigenvalue weighted by molar-refractivity contribution is 7.99. The highest BCUT2D eigenvalue weighted by Gasteiger charge is 2.17. The van der Waals surface area contributed by atoms with Crippen molar-refractivity contribution in [3.63, 3.8) is 0 Å². The molecule has 0 amide bonds. The number of nitrogens with zero attached hydrogens (tertiary/aromatic N) is 2. The number of hydrogen-bond acceptors (Lipinski definition) is 4. The van der Waals surface area contributed by atoms with Crippen molar-refractivity contribution in [3.05, 3.63) is 20.8 Å². The first-order valence-electron chi connectivity index (χ1n) is 6.52. The fourth-order valence-corrected chi connectivity index (χ4v) is 4.03. The number of aromatic nitrogens is 2. The zero-order chi connectivity index (χ0) is 14.9. The van der Waals surface area contributed by atoms with Gasteiger partial charge in [-0.2, -0.15) is 0 Å². The van der Waals surface area contributed by atoms with Gasteiger partial charge < -0.3 is 0 Å². The van der Waals surface area contributed by atoms with E-state index in [0.717, 1.165) is 25.8 Å². The van der Waals surface area contributed by atoms with Crippen LogP contribution in [0.2, 0.25) is 0 Å². The first-order chi connectivity index (χ1) is 9.47. The molecule has 5 heteroatoms. The van der Waals surface area contributed by atoms with Crippen molar-refractivity contribution in [1.29, 1.82) is 0 Å². The van der Waals surface area contributed by atoms with Crippen molar-refractivity contribution in [2.75, 3.05) is 5.75 Å². The highest BCUT2D eigenvalue weighted by Crippen LogP contribution is 2.29. The summed E-state index contributed by atoms with van der Waals surface area (Å²) in [6.45, 7) is 9.88.